The van der Waals surface area contributed by atoms with Crippen LogP contribution < -0.4 is 11.0 Å². The lowest BCUT2D eigenvalue weighted by Gasteiger charge is -2.17. The van der Waals surface area contributed by atoms with Crippen molar-refractivity contribution in [3.8, 4) is 0 Å². The third-order valence-electron chi connectivity index (χ3n) is 3.12. The second kappa shape index (κ2) is 8.14. The highest BCUT2D eigenvalue weighted by atomic mass is 16.1. The average Bonchev–Trinajstić information content (AvgIpc) is 2.69. The molecule has 1 atom stereocenters. The average molecular weight is 253 g/mol. The van der Waals surface area contributed by atoms with Crippen LogP contribution in [0.5, 0.6) is 0 Å². The summed E-state index contributed by atoms with van der Waals surface area (Å²) in [6.07, 6.45) is 8.20. The van der Waals surface area contributed by atoms with Crippen LogP contribution in [0.3, 0.4) is 0 Å². The largest absolute Gasteiger partial charge is 0.328 e. The van der Waals surface area contributed by atoms with Gasteiger partial charge >= 0.3 is 5.69 Å². The second-order valence-electron chi connectivity index (χ2n) is 4.87. The fraction of sp³-hybridized carbons (Fsp3) is 0.786. The minimum atomic E-state index is 0.122. The number of nitrogens with zero attached hydrogens (tertiary/aromatic N) is 2. The van der Waals surface area contributed by atoms with E-state index >= 15 is 0 Å². The van der Waals surface area contributed by atoms with E-state index in [4.69, 9.17) is 0 Å². The van der Waals surface area contributed by atoms with Gasteiger partial charge in [-0.1, -0.05) is 27.2 Å². The molecule has 1 heterocycles. The highest BCUT2D eigenvalue weighted by Crippen LogP contribution is 2.00. The van der Waals surface area contributed by atoms with Crippen molar-refractivity contribution >= 4 is 0 Å². The minimum Gasteiger partial charge on any atom is -0.312 e. The van der Waals surface area contributed by atoms with Crippen LogP contribution in [0.1, 0.15) is 46.5 Å². The summed E-state index contributed by atoms with van der Waals surface area (Å²) in [7, 11) is 0. The van der Waals surface area contributed by atoms with Gasteiger partial charge in [-0.25, -0.2) is 4.79 Å². The van der Waals surface area contributed by atoms with Crippen LogP contribution in [0.15, 0.2) is 17.2 Å². The molecule has 0 aliphatic heterocycles. The second-order valence-corrected chi connectivity index (χ2v) is 4.87. The Labute approximate surface area is 110 Å². The predicted octanol–water partition coefficient (Wildman–Crippen LogP) is 2.23. The van der Waals surface area contributed by atoms with Crippen LogP contribution in [0.2, 0.25) is 0 Å². The summed E-state index contributed by atoms with van der Waals surface area (Å²) in [5.74, 6) is 0. The summed E-state index contributed by atoms with van der Waals surface area (Å²) in [5.41, 5.74) is 0.122. The highest BCUT2D eigenvalue weighted by Gasteiger charge is 2.10. The third-order valence-corrected chi connectivity index (χ3v) is 3.12. The van der Waals surface area contributed by atoms with Gasteiger partial charge in [0.2, 0.25) is 0 Å². The smallest absolute Gasteiger partial charge is 0.312 e. The number of imidazole rings is 1. The summed E-state index contributed by atoms with van der Waals surface area (Å²) in [4.78, 5) is 12.1. The number of hydrogen-bond acceptors (Lipinski definition) is 2. The predicted molar refractivity (Wildman–Crippen MR) is 76.0 cm³/mol. The van der Waals surface area contributed by atoms with Crippen molar-refractivity contribution in [1.29, 1.82) is 0 Å². The zero-order valence-corrected chi connectivity index (χ0v) is 12.0. The van der Waals surface area contributed by atoms with Crippen LogP contribution >= 0.6 is 0 Å². The normalized spacial score (nSPS) is 12.8. The molecule has 0 aliphatic carbocycles. The maximum Gasteiger partial charge on any atom is 0.328 e. The Morgan fingerprint density at radius 3 is 2.44 bits per heavy atom. The Morgan fingerprint density at radius 2 is 1.83 bits per heavy atom. The van der Waals surface area contributed by atoms with E-state index in [0.29, 0.717) is 6.04 Å². The summed E-state index contributed by atoms with van der Waals surface area (Å²) >= 11 is 0. The Balaban J connectivity index is 2.65. The molecular weight excluding hydrogens is 226 g/mol. The summed E-state index contributed by atoms with van der Waals surface area (Å²) < 4.78 is 3.63. The van der Waals surface area contributed by atoms with E-state index in [0.717, 1.165) is 45.3 Å². The maximum atomic E-state index is 12.1. The first-order valence-corrected chi connectivity index (χ1v) is 7.21. The molecule has 0 amide bonds. The molecule has 1 N–H and O–H groups in total. The van der Waals surface area contributed by atoms with Crippen LogP contribution in [0.4, 0.5) is 0 Å². The van der Waals surface area contributed by atoms with E-state index in [-0.39, 0.29) is 5.69 Å². The van der Waals surface area contributed by atoms with E-state index in [1.807, 2.05) is 17.0 Å². The zero-order valence-electron chi connectivity index (χ0n) is 12.0. The molecule has 1 rings (SSSR count). The van der Waals surface area contributed by atoms with Crippen molar-refractivity contribution in [2.24, 2.45) is 0 Å². The maximum absolute atomic E-state index is 12.1. The van der Waals surface area contributed by atoms with Crippen molar-refractivity contribution in [2.75, 3.05) is 6.54 Å². The van der Waals surface area contributed by atoms with Crippen LogP contribution in [0.25, 0.3) is 0 Å². The molecule has 4 heteroatoms. The first-order valence-electron chi connectivity index (χ1n) is 7.21. The van der Waals surface area contributed by atoms with Gasteiger partial charge in [0.25, 0.3) is 0 Å². The van der Waals surface area contributed by atoms with Crippen LogP contribution in [-0.4, -0.2) is 21.7 Å². The lowest BCUT2D eigenvalue weighted by Crippen LogP contribution is -2.37. The molecule has 1 aromatic heterocycles. The standard InChI is InChI=1S/C14H27N3O/c1-4-7-13(15-8-5-2)12-17-11-10-16(9-6-3)14(17)18/h10-11,13,15H,4-9,12H2,1-3H3. The first kappa shape index (κ1) is 15.0. The number of aromatic nitrogens is 2. The Hall–Kier alpha value is -1.03. The number of rotatable bonds is 9. The molecule has 0 saturated carbocycles. The fourth-order valence-electron chi connectivity index (χ4n) is 2.20. The molecule has 0 aliphatic rings. The molecule has 1 aromatic rings. The number of nitrogens with one attached hydrogen (secondary N) is 1. The Morgan fingerprint density at radius 1 is 1.11 bits per heavy atom. The summed E-state index contributed by atoms with van der Waals surface area (Å²) in [6.45, 7) is 9.06. The van der Waals surface area contributed by atoms with Crippen molar-refractivity contribution in [1.82, 2.24) is 14.5 Å². The molecule has 1 unspecified atom stereocenters. The SMILES string of the molecule is CCCNC(CCC)Cn1ccn(CCC)c1=O. The van der Waals surface area contributed by atoms with Gasteiger partial charge in [0.05, 0.1) is 0 Å². The van der Waals surface area contributed by atoms with Crippen LogP contribution in [0, 0.1) is 0 Å². The number of hydrogen-bond donors (Lipinski definition) is 1. The molecule has 0 spiro atoms. The van der Waals surface area contributed by atoms with Gasteiger partial charge in [0.1, 0.15) is 0 Å². The topological polar surface area (TPSA) is 39.0 Å². The van der Waals surface area contributed by atoms with Gasteiger partial charge in [0.15, 0.2) is 0 Å². The third kappa shape index (κ3) is 4.33. The molecule has 104 valence electrons. The summed E-state index contributed by atoms with van der Waals surface area (Å²) in [6, 6.07) is 0.408. The Kier molecular flexibility index (Phi) is 6.80. The fourth-order valence-corrected chi connectivity index (χ4v) is 2.20. The molecule has 0 fully saturated rings. The quantitative estimate of drug-likeness (QED) is 0.733. The first-order chi connectivity index (χ1) is 8.72. The van der Waals surface area contributed by atoms with Crippen molar-refractivity contribution in [3.63, 3.8) is 0 Å². The molecule has 0 bridgehead atoms. The minimum absolute atomic E-state index is 0.122. The zero-order chi connectivity index (χ0) is 13.4. The molecule has 0 saturated heterocycles. The van der Waals surface area contributed by atoms with Crippen molar-refractivity contribution in [3.05, 3.63) is 22.9 Å². The van der Waals surface area contributed by atoms with E-state index in [2.05, 4.69) is 26.1 Å². The van der Waals surface area contributed by atoms with Crippen LogP contribution in [-0.2, 0) is 13.1 Å². The van der Waals surface area contributed by atoms with Gasteiger partial charge in [-0.05, 0) is 25.8 Å². The van der Waals surface area contributed by atoms with Gasteiger partial charge in [-0.15, -0.1) is 0 Å². The van der Waals surface area contributed by atoms with E-state index in [1.165, 1.54) is 0 Å². The lowest BCUT2D eigenvalue weighted by atomic mass is 10.1. The van der Waals surface area contributed by atoms with E-state index in [9.17, 15) is 4.79 Å². The van der Waals surface area contributed by atoms with Gasteiger partial charge in [-0.3, -0.25) is 9.13 Å². The van der Waals surface area contributed by atoms with E-state index < -0.39 is 0 Å². The molecule has 18 heavy (non-hydrogen) atoms. The molecule has 0 radical (unpaired) electrons. The molecule has 4 nitrogen and oxygen atoms in total. The van der Waals surface area contributed by atoms with Gasteiger partial charge in [0, 0.05) is 31.5 Å². The van der Waals surface area contributed by atoms with Crippen molar-refractivity contribution < 1.29 is 0 Å². The van der Waals surface area contributed by atoms with Gasteiger partial charge in [-0.2, -0.15) is 0 Å². The highest BCUT2D eigenvalue weighted by molar-refractivity contribution is 4.83. The molecular formula is C14H27N3O. The number of aryl methyl sites for hydroxylation is 1. The van der Waals surface area contributed by atoms with Crippen molar-refractivity contribution in [2.45, 2.75) is 65.6 Å². The Bertz CT molecular complexity index is 381. The monoisotopic (exact) mass is 253 g/mol. The molecule has 0 aromatic carbocycles. The summed E-state index contributed by atoms with van der Waals surface area (Å²) in [5, 5.41) is 3.52. The van der Waals surface area contributed by atoms with Gasteiger partial charge < -0.3 is 5.32 Å². The van der Waals surface area contributed by atoms with E-state index in [1.54, 1.807) is 4.57 Å². The lowest BCUT2D eigenvalue weighted by molar-refractivity contribution is 0.412.